The molecule has 0 radical (unpaired) electrons. The van der Waals surface area contributed by atoms with Gasteiger partial charge < -0.3 is 0 Å². The highest BCUT2D eigenvalue weighted by Crippen LogP contribution is 2.38. The summed E-state index contributed by atoms with van der Waals surface area (Å²) in [5, 5.41) is 1.61. The number of alkyl halides is 3. The Morgan fingerprint density at radius 3 is 2.20 bits per heavy atom. The highest BCUT2D eigenvalue weighted by molar-refractivity contribution is 7.14. The normalized spacial score (nSPS) is 12.0. The second kappa shape index (κ2) is 3.03. The highest BCUT2D eigenvalue weighted by Gasteiger charge is 2.25. The van der Waals surface area contributed by atoms with Crippen molar-refractivity contribution in [1.82, 2.24) is 4.98 Å². The molecule has 0 saturated heterocycles. The Morgan fingerprint density at radius 2 is 2.00 bits per heavy atom. The van der Waals surface area contributed by atoms with Crippen LogP contribution in [-0.2, 0) is 3.79 Å². The lowest BCUT2D eigenvalue weighted by molar-refractivity contribution is 1.13. The van der Waals surface area contributed by atoms with E-state index in [1.807, 2.05) is 0 Å². The summed E-state index contributed by atoms with van der Waals surface area (Å²) in [5.41, 5.74) is 0.368. The first kappa shape index (κ1) is 8.88. The van der Waals surface area contributed by atoms with Crippen molar-refractivity contribution < 1.29 is 0 Å². The molecule has 0 aromatic carbocycles. The number of hydrogen-bond acceptors (Lipinski definition) is 2. The topological polar surface area (TPSA) is 12.9 Å². The molecule has 0 spiro atoms. The number of nitrogens with zero attached hydrogens (tertiary/aromatic N) is 1. The minimum absolute atomic E-state index is 0.368. The predicted octanol–water partition coefficient (Wildman–Crippen LogP) is 3.62. The standard InChI is InChI=1S/C4HCl4NS/c5-3-9-2(1-10-3)4(6,7)8/h1H. The van der Waals surface area contributed by atoms with Gasteiger partial charge in [0.2, 0.25) is 3.79 Å². The molecular weight excluding hydrogens is 236 g/mol. The molecule has 0 N–H and O–H groups in total. The van der Waals surface area contributed by atoms with Crippen LogP contribution in [0.15, 0.2) is 5.38 Å². The van der Waals surface area contributed by atoms with E-state index in [1.54, 1.807) is 5.38 Å². The molecule has 1 heterocycles. The third-order valence-corrected chi connectivity index (χ3v) is 2.33. The van der Waals surface area contributed by atoms with Crippen molar-refractivity contribution in [3.8, 4) is 0 Å². The van der Waals surface area contributed by atoms with Crippen LogP contribution in [-0.4, -0.2) is 4.98 Å². The van der Waals surface area contributed by atoms with Gasteiger partial charge in [0.25, 0.3) is 0 Å². The largest absolute Gasteiger partial charge is 0.233 e. The van der Waals surface area contributed by atoms with Gasteiger partial charge in [-0.15, -0.1) is 11.3 Å². The number of hydrogen-bond donors (Lipinski definition) is 0. The van der Waals surface area contributed by atoms with Gasteiger partial charge in [-0.2, -0.15) is 0 Å². The van der Waals surface area contributed by atoms with Crippen LogP contribution in [0.25, 0.3) is 0 Å². The van der Waals surface area contributed by atoms with Crippen molar-refractivity contribution in [2.24, 2.45) is 0 Å². The molecule has 0 aliphatic rings. The van der Waals surface area contributed by atoms with E-state index in [9.17, 15) is 0 Å². The fraction of sp³-hybridized carbons (Fsp3) is 0.250. The Hall–Kier alpha value is 0.790. The molecule has 6 heteroatoms. The van der Waals surface area contributed by atoms with Gasteiger partial charge in [-0.05, 0) is 0 Å². The molecule has 1 aromatic rings. The molecule has 1 nitrogen and oxygen atoms in total. The molecule has 0 saturated carbocycles. The number of rotatable bonds is 0. The molecule has 0 amide bonds. The molecule has 1 aromatic heterocycles. The van der Waals surface area contributed by atoms with E-state index in [2.05, 4.69) is 4.98 Å². The van der Waals surface area contributed by atoms with E-state index in [0.717, 1.165) is 0 Å². The molecule has 0 fully saturated rings. The Balaban J connectivity index is 2.96. The summed E-state index contributed by atoms with van der Waals surface area (Å²) in [7, 11) is 0. The zero-order valence-corrected chi connectivity index (χ0v) is 8.28. The minimum atomic E-state index is -1.45. The molecule has 0 unspecified atom stereocenters. The van der Waals surface area contributed by atoms with Crippen molar-refractivity contribution in [3.63, 3.8) is 0 Å². The van der Waals surface area contributed by atoms with Crippen LogP contribution >= 0.6 is 57.7 Å². The van der Waals surface area contributed by atoms with E-state index in [4.69, 9.17) is 46.4 Å². The monoisotopic (exact) mass is 235 g/mol. The van der Waals surface area contributed by atoms with E-state index >= 15 is 0 Å². The first-order valence-corrected chi connectivity index (χ1v) is 4.57. The maximum absolute atomic E-state index is 5.50. The van der Waals surface area contributed by atoms with Gasteiger partial charge in [0.05, 0.1) is 0 Å². The third kappa shape index (κ3) is 2.14. The van der Waals surface area contributed by atoms with Crippen molar-refractivity contribution in [1.29, 1.82) is 0 Å². The van der Waals surface area contributed by atoms with E-state index in [-0.39, 0.29) is 0 Å². The first-order valence-electron chi connectivity index (χ1n) is 2.18. The molecule has 1 rings (SSSR count). The Kier molecular flexibility index (Phi) is 2.69. The third-order valence-electron chi connectivity index (χ3n) is 0.767. The SMILES string of the molecule is Clc1nc(C(Cl)(Cl)Cl)cs1. The quantitative estimate of drug-likeness (QED) is 0.628. The van der Waals surface area contributed by atoms with Crippen LogP contribution in [0.4, 0.5) is 0 Å². The molecule has 0 bridgehead atoms. The minimum Gasteiger partial charge on any atom is -0.225 e. The summed E-state index contributed by atoms with van der Waals surface area (Å²) in [6, 6.07) is 0. The maximum Gasteiger partial charge on any atom is 0.233 e. The average molecular weight is 237 g/mol. The van der Waals surface area contributed by atoms with E-state index < -0.39 is 3.79 Å². The maximum atomic E-state index is 5.50. The summed E-state index contributed by atoms with van der Waals surface area (Å²) < 4.78 is -1.08. The average Bonchev–Trinajstić information content (AvgIpc) is 2.11. The summed E-state index contributed by atoms with van der Waals surface area (Å²) in [6.07, 6.45) is 0. The van der Waals surface area contributed by atoms with Crippen molar-refractivity contribution in [2.75, 3.05) is 0 Å². The van der Waals surface area contributed by atoms with Gasteiger partial charge in [-0.1, -0.05) is 46.4 Å². The van der Waals surface area contributed by atoms with Gasteiger partial charge in [-0.25, -0.2) is 4.98 Å². The second-order valence-electron chi connectivity index (χ2n) is 1.48. The summed E-state index contributed by atoms with van der Waals surface area (Å²) >= 11 is 23.2. The van der Waals surface area contributed by atoms with Crippen LogP contribution in [0.5, 0.6) is 0 Å². The molecule has 56 valence electrons. The van der Waals surface area contributed by atoms with Crippen LogP contribution in [0.1, 0.15) is 5.69 Å². The van der Waals surface area contributed by atoms with Crippen LogP contribution < -0.4 is 0 Å². The Bertz CT molecular complexity index is 227. The van der Waals surface area contributed by atoms with Gasteiger partial charge >= 0.3 is 0 Å². The lowest BCUT2D eigenvalue weighted by atomic mass is 10.6. The number of halogens is 4. The molecule has 10 heavy (non-hydrogen) atoms. The van der Waals surface area contributed by atoms with Gasteiger partial charge in [0.1, 0.15) is 5.69 Å². The smallest absolute Gasteiger partial charge is 0.225 e. The van der Waals surface area contributed by atoms with Crippen molar-refractivity contribution in [3.05, 3.63) is 15.5 Å². The Labute approximate surface area is 81.9 Å². The van der Waals surface area contributed by atoms with E-state index in [1.165, 1.54) is 11.3 Å². The van der Waals surface area contributed by atoms with Gasteiger partial charge in [0, 0.05) is 5.38 Å². The fourth-order valence-corrected chi connectivity index (χ4v) is 1.68. The van der Waals surface area contributed by atoms with Crippen LogP contribution in [0.3, 0.4) is 0 Å². The lowest BCUT2D eigenvalue weighted by Crippen LogP contribution is -1.99. The summed E-state index contributed by atoms with van der Waals surface area (Å²) in [6.45, 7) is 0. The van der Waals surface area contributed by atoms with Gasteiger partial charge in [0.15, 0.2) is 4.47 Å². The summed E-state index contributed by atoms with van der Waals surface area (Å²) in [5.74, 6) is 0. The zero-order chi connectivity index (χ0) is 7.78. The zero-order valence-electron chi connectivity index (χ0n) is 4.44. The number of thiazole rings is 1. The second-order valence-corrected chi connectivity index (χ2v) is 5.20. The van der Waals surface area contributed by atoms with Gasteiger partial charge in [-0.3, -0.25) is 0 Å². The highest BCUT2D eigenvalue weighted by atomic mass is 35.6. The first-order chi connectivity index (χ1) is 4.50. The summed E-state index contributed by atoms with van der Waals surface area (Å²) in [4.78, 5) is 3.77. The predicted molar refractivity (Wildman–Crippen MR) is 46.4 cm³/mol. The van der Waals surface area contributed by atoms with Crippen molar-refractivity contribution in [2.45, 2.75) is 3.79 Å². The molecular formula is C4HCl4NS. The lowest BCUT2D eigenvalue weighted by Gasteiger charge is -2.04. The molecule has 0 aliphatic heterocycles. The number of aromatic nitrogens is 1. The molecule has 0 aliphatic carbocycles. The fourth-order valence-electron chi connectivity index (χ4n) is 0.382. The Morgan fingerprint density at radius 1 is 1.40 bits per heavy atom. The molecule has 0 atom stereocenters. The van der Waals surface area contributed by atoms with Crippen molar-refractivity contribution >= 4 is 57.7 Å². The van der Waals surface area contributed by atoms with E-state index in [0.29, 0.717) is 10.2 Å². The van der Waals surface area contributed by atoms with Crippen LogP contribution in [0.2, 0.25) is 4.47 Å². The van der Waals surface area contributed by atoms with Crippen LogP contribution in [0, 0.1) is 0 Å².